The first-order chi connectivity index (χ1) is 8.69. The van der Waals surface area contributed by atoms with Gasteiger partial charge in [0.15, 0.2) is 0 Å². The number of carbonyl (C=O) groups is 1. The summed E-state index contributed by atoms with van der Waals surface area (Å²) in [4.78, 5) is 14.7. The molecule has 3 nitrogen and oxygen atoms in total. The van der Waals surface area contributed by atoms with Crippen LogP contribution in [-0.4, -0.2) is 29.1 Å². The second-order valence-electron chi connectivity index (χ2n) is 5.96. The molecule has 1 saturated carbocycles. The van der Waals surface area contributed by atoms with Crippen LogP contribution in [-0.2, 0) is 4.79 Å². The molecule has 1 heterocycles. The van der Waals surface area contributed by atoms with E-state index in [0.29, 0.717) is 11.9 Å². The summed E-state index contributed by atoms with van der Waals surface area (Å²) in [7, 11) is 0. The van der Waals surface area contributed by atoms with Crippen molar-refractivity contribution in [1.29, 1.82) is 0 Å². The number of carbonyl (C=O) groups excluding carboxylic acids is 1. The zero-order chi connectivity index (χ0) is 13.1. The van der Waals surface area contributed by atoms with E-state index >= 15 is 0 Å². The maximum atomic E-state index is 12.5. The molecule has 18 heavy (non-hydrogen) atoms. The smallest absolute Gasteiger partial charge is 0.241 e. The van der Waals surface area contributed by atoms with Crippen LogP contribution in [0.2, 0.25) is 0 Å². The Hall–Kier alpha value is -0.570. The molecule has 104 valence electrons. The fraction of sp³-hybridized carbons (Fsp3) is 0.933. The minimum atomic E-state index is 0.0730. The molecular formula is C15H28N2O. The van der Waals surface area contributed by atoms with Crippen molar-refractivity contribution >= 4 is 5.91 Å². The van der Waals surface area contributed by atoms with E-state index < -0.39 is 0 Å². The first kappa shape index (κ1) is 13.9. The second-order valence-corrected chi connectivity index (χ2v) is 5.96. The quantitative estimate of drug-likeness (QED) is 0.816. The Morgan fingerprint density at radius 1 is 1.33 bits per heavy atom. The third-order valence-electron chi connectivity index (χ3n) is 4.77. The van der Waals surface area contributed by atoms with E-state index in [0.717, 1.165) is 25.2 Å². The topological polar surface area (TPSA) is 32.3 Å². The first-order valence-corrected chi connectivity index (χ1v) is 7.77. The molecule has 3 unspecified atom stereocenters. The number of amides is 1. The highest BCUT2D eigenvalue weighted by atomic mass is 16.2. The molecule has 0 bridgehead atoms. The zero-order valence-corrected chi connectivity index (χ0v) is 12.1. The molecular weight excluding hydrogens is 224 g/mol. The lowest BCUT2D eigenvalue weighted by Crippen LogP contribution is -2.45. The average molecular weight is 252 g/mol. The van der Waals surface area contributed by atoms with Crippen molar-refractivity contribution in [3.05, 3.63) is 0 Å². The van der Waals surface area contributed by atoms with Crippen LogP contribution in [0.25, 0.3) is 0 Å². The zero-order valence-electron chi connectivity index (χ0n) is 12.1. The average Bonchev–Trinajstić information content (AvgIpc) is 2.98. The van der Waals surface area contributed by atoms with Gasteiger partial charge in [0.25, 0.3) is 0 Å². The maximum Gasteiger partial charge on any atom is 0.241 e. The molecule has 1 N–H and O–H groups in total. The third kappa shape index (κ3) is 2.56. The molecule has 3 heteroatoms. The molecule has 2 aliphatic rings. The van der Waals surface area contributed by atoms with E-state index in [1.807, 2.05) is 0 Å². The lowest BCUT2D eigenvalue weighted by molar-refractivity contribution is -0.133. The fourth-order valence-electron chi connectivity index (χ4n) is 3.68. The van der Waals surface area contributed by atoms with Crippen molar-refractivity contribution in [3.8, 4) is 0 Å². The molecule has 1 saturated heterocycles. The highest BCUT2D eigenvalue weighted by Crippen LogP contribution is 2.33. The number of hydrogen-bond donors (Lipinski definition) is 1. The van der Waals surface area contributed by atoms with Gasteiger partial charge in [-0.1, -0.05) is 33.1 Å². The van der Waals surface area contributed by atoms with Crippen LogP contribution in [0.15, 0.2) is 0 Å². The van der Waals surface area contributed by atoms with Crippen LogP contribution in [0, 0.1) is 5.92 Å². The van der Waals surface area contributed by atoms with Gasteiger partial charge in [-0.05, 0) is 38.5 Å². The highest BCUT2D eigenvalue weighted by molar-refractivity contribution is 5.84. The minimum absolute atomic E-state index is 0.0730. The molecule has 0 aromatic rings. The van der Waals surface area contributed by atoms with Crippen molar-refractivity contribution < 1.29 is 4.79 Å². The number of hydrogen-bond acceptors (Lipinski definition) is 2. The Kier molecular flexibility index (Phi) is 4.66. The fourth-order valence-corrected chi connectivity index (χ4v) is 3.68. The summed E-state index contributed by atoms with van der Waals surface area (Å²) in [6.45, 7) is 6.58. The molecule has 2 rings (SSSR count). The molecule has 1 amide bonds. The largest absolute Gasteiger partial charge is 0.323 e. The maximum absolute atomic E-state index is 12.5. The minimum Gasteiger partial charge on any atom is -0.323 e. The van der Waals surface area contributed by atoms with E-state index in [4.69, 9.17) is 0 Å². The Morgan fingerprint density at radius 3 is 2.56 bits per heavy atom. The number of nitrogens with one attached hydrogen (secondary N) is 1. The van der Waals surface area contributed by atoms with Gasteiger partial charge in [-0.25, -0.2) is 0 Å². The Labute approximate surface area is 111 Å². The normalized spacial score (nSPS) is 31.3. The van der Waals surface area contributed by atoms with Crippen molar-refractivity contribution in [2.75, 3.05) is 0 Å². The van der Waals surface area contributed by atoms with Gasteiger partial charge in [0.05, 0.1) is 12.2 Å². The summed E-state index contributed by atoms with van der Waals surface area (Å²) >= 11 is 0. The van der Waals surface area contributed by atoms with Crippen molar-refractivity contribution in [2.45, 2.75) is 84.0 Å². The summed E-state index contributed by atoms with van der Waals surface area (Å²) in [6, 6.07) is 0.489. The lowest BCUT2D eigenvalue weighted by atomic mass is 9.97. The monoisotopic (exact) mass is 252 g/mol. The van der Waals surface area contributed by atoms with E-state index in [-0.39, 0.29) is 12.2 Å². The molecule has 3 atom stereocenters. The van der Waals surface area contributed by atoms with Gasteiger partial charge in [0, 0.05) is 6.04 Å². The van der Waals surface area contributed by atoms with E-state index in [9.17, 15) is 4.79 Å². The van der Waals surface area contributed by atoms with Gasteiger partial charge in [-0.2, -0.15) is 0 Å². The predicted octanol–water partition coefficient (Wildman–Crippen LogP) is 2.90. The van der Waals surface area contributed by atoms with Crippen LogP contribution < -0.4 is 5.32 Å². The molecule has 0 aromatic carbocycles. The summed E-state index contributed by atoms with van der Waals surface area (Å²) in [5, 5.41) is 3.52. The van der Waals surface area contributed by atoms with Crippen LogP contribution in [0.3, 0.4) is 0 Å². The van der Waals surface area contributed by atoms with Gasteiger partial charge in [0.2, 0.25) is 5.91 Å². The van der Waals surface area contributed by atoms with E-state index in [1.54, 1.807) is 0 Å². The SMILES string of the molecule is CCCC1NC(CC)N(C(C)C2CCCC2)C1=O. The predicted molar refractivity (Wildman–Crippen MR) is 74.2 cm³/mol. The molecule has 0 spiro atoms. The van der Waals surface area contributed by atoms with Gasteiger partial charge < -0.3 is 4.90 Å². The van der Waals surface area contributed by atoms with Gasteiger partial charge in [0.1, 0.15) is 0 Å². The molecule has 2 fully saturated rings. The van der Waals surface area contributed by atoms with Crippen LogP contribution in [0.4, 0.5) is 0 Å². The third-order valence-corrected chi connectivity index (χ3v) is 4.77. The standard InChI is InChI=1S/C15H28N2O/c1-4-8-13-15(18)17(14(5-2)16-13)11(3)12-9-6-7-10-12/h11-14,16H,4-10H2,1-3H3. The Bertz CT molecular complexity index is 286. The van der Waals surface area contributed by atoms with Crippen LogP contribution in [0.5, 0.6) is 0 Å². The van der Waals surface area contributed by atoms with Crippen molar-refractivity contribution in [1.82, 2.24) is 10.2 Å². The van der Waals surface area contributed by atoms with Crippen molar-refractivity contribution in [3.63, 3.8) is 0 Å². The van der Waals surface area contributed by atoms with Gasteiger partial charge in [-0.15, -0.1) is 0 Å². The summed E-state index contributed by atoms with van der Waals surface area (Å²) in [5.41, 5.74) is 0. The molecule has 0 aromatic heterocycles. The van der Waals surface area contributed by atoms with Gasteiger partial charge >= 0.3 is 0 Å². The molecule has 1 aliphatic carbocycles. The van der Waals surface area contributed by atoms with Crippen LogP contribution in [0.1, 0.15) is 65.7 Å². The van der Waals surface area contributed by atoms with Crippen molar-refractivity contribution in [2.24, 2.45) is 5.92 Å². The first-order valence-electron chi connectivity index (χ1n) is 7.77. The second kappa shape index (κ2) is 6.05. The Balaban J connectivity index is 2.06. The lowest BCUT2D eigenvalue weighted by Gasteiger charge is -2.33. The summed E-state index contributed by atoms with van der Waals surface area (Å²) in [5.74, 6) is 1.08. The summed E-state index contributed by atoms with van der Waals surface area (Å²) < 4.78 is 0. The highest BCUT2D eigenvalue weighted by Gasteiger charge is 2.42. The molecule has 1 aliphatic heterocycles. The molecule has 0 radical (unpaired) electrons. The number of rotatable bonds is 5. The van der Waals surface area contributed by atoms with Gasteiger partial charge in [-0.3, -0.25) is 10.1 Å². The van der Waals surface area contributed by atoms with E-state index in [2.05, 4.69) is 31.0 Å². The van der Waals surface area contributed by atoms with Crippen LogP contribution >= 0.6 is 0 Å². The number of nitrogens with zero attached hydrogens (tertiary/aromatic N) is 1. The van der Waals surface area contributed by atoms with E-state index in [1.165, 1.54) is 25.7 Å². The Morgan fingerprint density at radius 2 is 2.00 bits per heavy atom. The summed E-state index contributed by atoms with van der Waals surface area (Å²) in [6.07, 6.45) is 8.64.